The van der Waals surface area contributed by atoms with Gasteiger partial charge in [-0.25, -0.2) is 0 Å². The summed E-state index contributed by atoms with van der Waals surface area (Å²) >= 11 is 0. The van der Waals surface area contributed by atoms with Crippen molar-refractivity contribution in [1.29, 1.82) is 0 Å². The summed E-state index contributed by atoms with van der Waals surface area (Å²) in [5.41, 5.74) is 0. The fraction of sp³-hybridized carbons (Fsp3) is 0.889. The molecule has 1 saturated heterocycles. The van der Waals surface area contributed by atoms with Crippen molar-refractivity contribution < 1.29 is 4.74 Å². The smallest absolute Gasteiger partial charge is 0.169 e. The lowest BCUT2D eigenvalue weighted by molar-refractivity contribution is 0.303. The molecule has 0 saturated carbocycles. The van der Waals surface area contributed by atoms with Crippen molar-refractivity contribution in [1.82, 2.24) is 0 Å². The Morgan fingerprint density at radius 1 is 1.38 bits per heavy atom. The first-order chi connectivity index (χ1) is 6.43. The molecule has 0 bridgehead atoms. The SMILES string of the molecule is CN=COCCCCC1CSSC1. The maximum absolute atomic E-state index is 5.15. The van der Waals surface area contributed by atoms with E-state index in [4.69, 9.17) is 4.74 Å². The predicted molar refractivity (Wildman–Crippen MR) is 62.6 cm³/mol. The largest absolute Gasteiger partial charge is 0.484 e. The second-order valence-electron chi connectivity index (χ2n) is 3.17. The van der Waals surface area contributed by atoms with Crippen molar-refractivity contribution in [3.63, 3.8) is 0 Å². The van der Waals surface area contributed by atoms with Gasteiger partial charge in [0, 0.05) is 18.6 Å². The Morgan fingerprint density at radius 3 is 2.85 bits per heavy atom. The van der Waals surface area contributed by atoms with Crippen molar-refractivity contribution in [2.24, 2.45) is 10.9 Å². The van der Waals surface area contributed by atoms with E-state index in [0.29, 0.717) is 0 Å². The van der Waals surface area contributed by atoms with Crippen LogP contribution in [0.5, 0.6) is 0 Å². The first kappa shape index (κ1) is 11.2. The fourth-order valence-electron chi connectivity index (χ4n) is 1.25. The third-order valence-electron chi connectivity index (χ3n) is 2.00. The van der Waals surface area contributed by atoms with Gasteiger partial charge in [0.1, 0.15) is 0 Å². The number of ether oxygens (including phenoxy) is 1. The molecule has 0 unspecified atom stereocenters. The molecule has 0 aliphatic carbocycles. The Labute approximate surface area is 88.3 Å². The molecule has 76 valence electrons. The first-order valence-electron chi connectivity index (χ1n) is 4.70. The van der Waals surface area contributed by atoms with Crippen molar-refractivity contribution in [2.45, 2.75) is 19.3 Å². The Bertz CT molecular complexity index is 147. The van der Waals surface area contributed by atoms with Crippen LogP contribution in [0.4, 0.5) is 0 Å². The molecule has 1 heterocycles. The first-order valence-corrected chi connectivity index (χ1v) is 7.19. The molecule has 4 heteroatoms. The number of hydrogen-bond acceptors (Lipinski definition) is 4. The van der Waals surface area contributed by atoms with Gasteiger partial charge in [-0.05, 0) is 25.2 Å². The summed E-state index contributed by atoms with van der Waals surface area (Å²) in [5, 5.41) is 0. The van der Waals surface area contributed by atoms with Crippen LogP contribution >= 0.6 is 21.6 Å². The third-order valence-corrected chi connectivity index (χ3v) is 4.69. The lowest BCUT2D eigenvalue weighted by atomic mass is 10.1. The summed E-state index contributed by atoms with van der Waals surface area (Å²) in [5.74, 6) is 3.65. The van der Waals surface area contributed by atoms with Crippen LogP contribution in [0.3, 0.4) is 0 Å². The van der Waals surface area contributed by atoms with E-state index in [1.807, 2.05) is 21.6 Å². The molecule has 0 aromatic rings. The highest BCUT2D eigenvalue weighted by Crippen LogP contribution is 2.36. The Morgan fingerprint density at radius 2 is 2.15 bits per heavy atom. The van der Waals surface area contributed by atoms with Gasteiger partial charge in [0.25, 0.3) is 0 Å². The highest BCUT2D eigenvalue weighted by Gasteiger charge is 2.15. The summed E-state index contributed by atoms with van der Waals surface area (Å²) in [6.07, 6.45) is 5.36. The number of rotatable bonds is 6. The van der Waals surface area contributed by atoms with Gasteiger partial charge >= 0.3 is 0 Å². The van der Waals surface area contributed by atoms with Crippen LogP contribution < -0.4 is 0 Å². The molecular weight excluding hydrogens is 202 g/mol. The van der Waals surface area contributed by atoms with Gasteiger partial charge in [-0.1, -0.05) is 21.6 Å². The maximum atomic E-state index is 5.15. The van der Waals surface area contributed by atoms with Crippen molar-refractivity contribution >= 4 is 28.0 Å². The number of aliphatic imine (C=N–C) groups is 1. The molecule has 13 heavy (non-hydrogen) atoms. The Kier molecular flexibility index (Phi) is 6.54. The minimum absolute atomic E-state index is 0.824. The molecule has 0 aromatic carbocycles. The average Bonchev–Trinajstić information content (AvgIpc) is 2.63. The molecule has 0 N–H and O–H groups in total. The fourth-order valence-corrected chi connectivity index (χ4v) is 4.28. The van der Waals surface area contributed by atoms with Crippen LogP contribution in [-0.2, 0) is 4.74 Å². The van der Waals surface area contributed by atoms with E-state index in [2.05, 4.69) is 4.99 Å². The molecule has 0 atom stereocenters. The van der Waals surface area contributed by atoms with Gasteiger partial charge in [-0.2, -0.15) is 0 Å². The van der Waals surface area contributed by atoms with Gasteiger partial charge in [-0.15, -0.1) is 0 Å². The van der Waals surface area contributed by atoms with E-state index < -0.39 is 0 Å². The minimum Gasteiger partial charge on any atom is -0.484 e. The Hall–Kier alpha value is 0.170. The van der Waals surface area contributed by atoms with Crippen LogP contribution in [0.2, 0.25) is 0 Å². The Balaban J connectivity index is 1.83. The zero-order chi connectivity index (χ0) is 9.36. The van der Waals surface area contributed by atoms with Gasteiger partial charge in [-0.3, -0.25) is 4.99 Å². The summed E-state index contributed by atoms with van der Waals surface area (Å²) in [7, 11) is 5.77. The lowest BCUT2D eigenvalue weighted by Crippen LogP contribution is -2.01. The normalized spacial score (nSPS) is 18.5. The number of unbranched alkanes of at least 4 members (excludes halogenated alkanes) is 1. The van der Waals surface area contributed by atoms with E-state index in [0.717, 1.165) is 18.9 Å². The second kappa shape index (κ2) is 7.56. The van der Waals surface area contributed by atoms with Gasteiger partial charge in [0.05, 0.1) is 6.61 Å². The topological polar surface area (TPSA) is 21.6 Å². The number of hydrogen-bond donors (Lipinski definition) is 0. The molecule has 0 spiro atoms. The van der Waals surface area contributed by atoms with E-state index in [1.165, 1.54) is 30.7 Å². The second-order valence-corrected chi connectivity index (χ2v) is 5.72. The van der Waals surface area contributed by atoms with Crippen LogP contribution in [0.25, 0.3) is 0 Å². The average molecular weight is 219 g/mol. The molecule has 0 aromatic heterocycles. The van der Waals surface area contributed by atoms with E-state index >= 15 is 0 Å². The zero-order valence-corrected chi connectivity index (χ0v) is 9.70. The number of nitrogens with zero attached hydrogens (tertiary/aromatic N) is 1. The monoisotopic (exact) mass is 219 g/mol. The molecule has 1 rings (SSSR count). The van der Waals surface area contributed by atoms with Crippen molar-refractivity contribution in [2.75, 3.05) is 25.2 Å². The molecule has 1 aliphatic rings. The van der Waals surface area contributed by atoms with Crippen molar-refractivity contribution in [3.8, 4) is 0 Å². The summed E-state index contributed by atoms with van der Waals surface area (Å²) in [6, 6.07) is 0. The molecule has 0 amide bonds. The summed E-state index contributed by atoms with van der Waals surface area (Å²) in [4.78, 5) is 3.76. The maximum Gasteiger partial charge on any atom is 0.169 e. The quantitative estimate of drug-likeness (QED) is 0.297. The molecule has 1 aliphatic heterocycles. The van der Waals surface area contributed by atoms with E-state index in [1.54, 1.807) is 7.05 Å². The molecule has 2 nitrogen and oxygen atoms in total. The molecule has 0 radical (unpaired) electrons. The summed E-state index contributed by atoms with van der Waals surface area (Å²) < 4.78 is 5.15. The van der Waals surface area contributed by atoms with Crippen LogP contribution in [0.15, 0.2) is 4.99 Å². The van der Waals surface area contributed by atoms with Gasteiger partial charge < -0.3 is 4.74 Å². The zero-order valence-electron chi connectivity index (χ0n) is 8.07. The highest BCUT2D eigenvalue weighted by atomic mass is 33.1. The van der Waals surface area contributed by atoms with Gasteiger partial charge in [0.2, 0.25) is 0 Å². The van der Waals surface area contributed by atoms with Crippen molar-refractivity contribution in [3.05, 3.63) is 0 Å². The van der Waals surface area contributed by atoms with Crippen LogP contribution in [-0.4, -0.2) is 31.6 Å². The standard InChI is InChI=1S/C9H17NOS2/c1-10-8-11-5-3-2-4-9-6-12-13-7-9/h8-9H,2-7H2,1H3. The summed E-state index contributed by atoms with van der Waals surface area (Å²) in [6.45, 7) is 0.824. The minimum atomic E-state index is 0.824. The molecule has 1 fully saturated rings. The van der Waals surface area contributed by atoms with E-state index in [-0.39, 0.29) is 0 Å². The third kappa shape index (κ3) is 5.47. The van der Waals surface area contributed by atoms with Crippen LogP contribution in [0.1, 0.15) is 19.3 Å². The lowest BCUT2D eigenvalue weighted by Gasteiger charge is -2.05. The highest BCUT2D eigenvalue weighted by molar-refractivity contribution is 8.77. The van der Waals surface area contributed by atoms with Gasteiger partial charge in [0.15, 0.2) is 6.40 Å². The van der Waals surface area contributed by atoms with E-state index in [9.17, 15) is 0 Å². The molecular formula is C9H17NOS2. The predicted octanol–water partition coefficient (Wildman–Crippen LogP) is 2.84. The van der Waals surface area contributed by atoms with Crippen LogP contribution in [0, 0.1) is 5.92 Å².